The van der Waals surface area contributed by atoms with Gasteiger partial charge in [0.05, 0.1) is 5.92 Å². The first-order valence-corrected chi connectivity index (χ1v) is 18.1. The van der Waals surface area contributed by atoms with Crippen LogP contribution in [0.3, 0.4) is 0 Å². The van der Waals surface area contributed by atoms with Gasteiger partial charge in [-0.25, -0.2) is 4.98 Å². The van der Waals surface area contributed by atoms with Gasteiger partial charge in [-0.3, -0.25) is 13.8 Å². The number of aromatic nitrogens is 1. The fraction of sp³-hybridized carbons (Fsp3) is 0.214. The van der Waals surface area contributed by atoms with Crippen molar-refractivity contribution in [1.29, 1.82) is 0 Å². The molecule has 5 aromatic carbocycles. The van der Waals surface area contributed by atoms with E-state index in [0.29, 0.717) is 23.6 Å². The third-order valence-electron chi connectivity index (χ3n) is 8.94. The van der Waals surface area contributed by atoms with Crippen LogP contribution in [-0.4, -0.2) is 37.9 Å². The van der Waals surface area contributed by atoms with Crippen LogP contribution in [0.4, 0.5) is 5.69 Å². The van der Waals surface area contributed by atoms with E-state index in [1.807, 2.05) is 85.8 Å². The second-order valence-corrected chi connectivity index (χ2v) is 14.7. The number of nitrogens with zero attached hydrogens (tertiary/aromatic N) is 1. The van der Waals surface area contributed by atoms with Gasteiger partial charge in [0.2, 0.25) is 11.8 Å². The zero-order valence-corrected chi connectivity index (χ0v) is 29.9. The first-order chi connectivity index (χ1) is 24.4. The first kappa shape index (κ1) is 35.4. The van der Waals surface area contributed by atoms with Crippen LogP contribution in [0.1, 0.15) is 59.3 Å². The number of oxazole rings is 1. The smallest absolute Gasteiger partial charge is 0.251 e. The number of anilines is 1. The van der Waals surface area contributed by atoms with E-state index in [9.17, 15) is 18.4 Å². The zero-order chi connectivity index (χ0) is 36.1. The molecule has 0 aliphatic heterocycles. The summed E-state index contributed by atoms with van der Waals surface area (Å²) in [6.45, 7) is 8.60. The fourth-order valence-corrected chi connectivity index (χ4v) is 6.21. The summed E-state index contributed by atoms with van der Waals surface area (Å²) in [5, 5.41) is 5.71. The van der Waals surface area contributed by atoms with Crippen LogP contribution >= 0.6 is 0 Å². The lowest BCUT2D eigenvalue weighted by molar-refractivity contribution is -0.117. The number of hydrogen-bond acceptors (Lipinski definition) is 6. The molecule has 6 aromatic rings. The Morgan fingerprint density at radius 3 is 2.06 bits per heavy atom. The monoisotopic (exact) mass is 698 g/mol. The molecule has 0 bridgehead atoms. The second-order valence-electron chi connectivity index (χ2n) is 13.7. The molecular weight excluding hydrogens is 659 g/mol. The molecule has 8 nitrogen and oxygen atoms in total. The molecule has 0 saturated heterocycles. The van der Waals surface area contributed by atoms with Crippen molar-refractivity contribution >= 4 is 39.7 Å². The third-order valence-corrected chi connectivity index (χ3v) is 9.47. The van der Waals surface area contributed by atoms with Crippen LogP contribution in [0.5, 0.6) is 0 Å². The van der Waals surface area contributed by atoms with E-state index >= 15 is 0 Å². The van der Waals surface area contributed by atoms with Crippen molar-refractivity contribution < 1.29 is 22.8 Å². The Bertz CT molecular complexity index is 2170. The van der Waals surface area contributed by atoms with Crippen molar-refractivity contribution in [2.45, 2.75) is 45.4 Å². The minimum absolute atomic E-state index is 0.0328. The Morgan fingerprint density at radius 2 is 1.45 bits per heavy atom. The molecular formula is C42H40N3O5S-. The number of hydrogen-bond donors (Lipinski definition) is 2. The molecule has 0 fully saturated rings. The lowest BCUT2D eigenvalue weighted by Gasteiger charge is -2.20. The average Bonchev–Trinajstić information content (AvgIpc) is 3.57. The van der Waals surface area contributed by atoms with E-state index in [4.69, 9.17) is 4.42 Å². The third kappa shape index (κ3) is 8.68. The van der Waals surface area contributed by atoms with E-state index in [1.165, 1.54) is 5.56 Å². The highest BCUT2D eigenvalue weighted by Gasteiger charge is 2.23. The van der Waals surface area contributed by atoms with Crippen molar-refractivity contribution in [3.8, 4) is 22.6 Å². The molecule has 260 valence electrons. The minimum atomic E-state index is -2.23. The topological polar surface area (TPSA) is 124 Å². The van der Waals surface area contributed by atoms with Crippen molar-refractivity contribution in [2.75, 3.05) is 17.6 Å². The number of carbonyl (C=O) groups excluding carboxylic acids is 2. The largest absolute Gasteiger partial charge is 0.772 e. The molecule has 0 spiro atoms. The van der Waals surface area contributed by atoms with Crippen molar-refractivity contribution in [3.05, 3.63) is 143 Å². The lowest BCUT2D eigenvalue weighted by Crippen LogP contribution is -2.27. The maximum Gasteiger partial charge on any atom is 0.251 e. The van der Waals surface area contributed by atoms with E-state index in [-0.39, 0.29) is 29.5 Å². The number of fused-ring (bicyclic) bond motifs is 1. The quantitative estimate of drug-likeness (QED) is 0.131. The first-order valence-electron chi connectivity index (χ1n) is 16.9. The van der Waals surface area contributed by atoms with Crippen LogP contribution < -0.4 is 10.6 Å². The van der Waals surface area contributed by atoms with Gasteiger partial charge in [0.1, 0.15) is 5.52 Å². The van der Waals surface area contributed by atoms with Gasteiger partial charge in [0.15, 0.2) is 5.58 Å². The lowest BCUT2D eigenvalue weighted by atomic mass is 9.86. The Balaban J connectivity index is 1.22. The van der Waals surface area contributed by atoms with Gasteiger partial charge in [-0.2, -0.15) is 0 Å². The second kappa shape index (κ2) is 15.2. The standard InChI is InChI=1S/C42H41N3O5S/c1-27-6-5-7-37-38(27)50-41(45-37)33-18-22-35(23-19-33)44-40(47)36(26-28-8-10-32(11-9-28)39(46)43-24-25-51(48)49)31-14-12-29(13-15-31)30-16-20-34(21-17-30)42(2,3)4/h5-23,36H,24-26H2,1-4H3,(H,43,46)(H,44,47)(H,48,49)/p-1/t36-/m0/s1. The molecule has 0 aliphatic rings. The predicted octanol–water partition coefficient (Wildman–Crippen LogP) is 8.34. The van der Waals surface area contributed by atoms with E-state index in [1.54, 1.807) is 12.1 Å². The summed E-state index contributed by atoms with van der Waals surface area (Å²) in [5.41, 5.74) is 9.62. The molecule has 9 heteroatoms. The predicted molar refractivity (Wildman–Crippen MR) is 202 cm³/mol. The molecule has 51 heavy (non-hydrogen) atoms. The fourth-order valence-electron chi connectivity index (χ4n) is 5.95. The molecule has 0 radical (unpaired) electrons. The number of carbonyl (C=O) groups is 2. The van der Waals surface area contributed by atoms with Crippen LogP contribution in [-0.2, 0) is 27.7 Å². The number of nitrogens with one attached hydrogen (secondary N) is 2. The zero-order valence-electron chi connectivity index (χ0n) is 29.1. The minimum Gasteiger partial charge on any atom is -0.772 e. The summed E-state index contributed by atoms with van der Waals surface area (Å²) in [4.78, 5) is 31.1. The molecule has 0 saturated carbocycles. The van der Waals surface area contributed by atoms with Crippen molar-refractivity contribution in [2.24, 2.45) is 0 Å². The number of aryl methyl sites for hydroxylation is 1. The Hall–Kier alpha value is -5.38. The van der Waals surface area contributed by atoms with Gasteiger partial charge in [-0.1, -0.05) is 105 Å². The maximum absolute atomic E-state index is 14.0. The summed E-state index contributed by atoms with van der Waals surface area (Å²) < 4.78 is 27.7. The Kier molecular flexibility index (Phi) is 10.6. The van der Waals surface area contributed by atoms with Gasteiger partial charge in [-0.05, 0) is 94.6 Å². The van der Waals surface area contributed by atoms with Crippen LogP contribution in [0.25, 0.3) is 33.7 Å². The number of para-hydroxylation sites is 1. The van der Waals surface area contributed by atoms with Gasteiger partial charge in [0.25, 0.3) is 5.91 Å². The number of amides is 2. The summed E-state index contributed by atoms with van der Waals surface area (Å²) in [7, 11) is 0. The summed E-state index contributed by atoms with van der Waals surface area (Å²) in [6.07, 6.45) is 0.392. The van der Waals surface area contributed by atoms with Gasteiger partial charge in [0, 0.05) is 29.1 Å². The molecule has 1 heterocycles. The average molecular weight is 699 g/mol. The van der Waals surface area contributed by atoms with Crippen molar-refractivity contribution in [3.63, 3.8) is 0 Å². The highest BCUT2D eigenvalue weighted by Crippen LogP contribution is 2.31. The van der Waals surface area contributed by atoms with Gasteiger partial charge in [-0.15, -0.1) is 0 Å². The van der Waals surface area contributed by atoms with Gasteiger partial charge < -0.3 is 19.6 Å². The van der Waals surface area contributed by atoms with E-state index in [2.05, 4.69) is 60.7 Å². The van der Waals surface area contributed by atoms with Crippen LogP contribution in [0, 0.1) is 6.92 Å². The summed E-state index contributed by atoms with van der Waals surface area (Å²) in [5.74, 6) is -0.700. The molecule has 6 rings (SSSR count). The number of benzene rings is 5. The summed E-state index contributed by atoms with van der Waals surface area (Å²) >= 11 is -2.23. The maximum atomic E-state index is 14.0. The van der Waals surface area contributed by atoms with E-state index < -0.39 is 17.0 Å². The van der Waals surface area contributed by atoms with E-state index in [0.717, 1.165) is 44.5 Å². The van der Waals surface area contributed by atoms with Crippen LogP contribution in [0.15, 0.2) is 120 Å². The highest BCUT2D eigenvalue weighted by molar-refractivity contribution is 7.79. The molecule has 0 aliphatic carbocycles. The highest BCUT2D eigenvalue weighted by atomic mass is 32.2. The number of rotatable bonds is 11. The van der Waals surface area contributed by atoms with Crippen LogP contribution in [0.2, 0.25) is 0 Å². The molecule has 2 N–H and O–H groups in total. The molecule has 1 unspecified atom stereocenters. The Labute approximate surface area is 300 Å². The molecule has 1 aromatic heterocycles. The van der Waals surface area contributed by atoms with Gasteiger partial charge >= 0.3 is 0 Å². The summed E-state index contributed by atoms with van der Waals surface area (Å²) in [6, 6.07) is 37.0. The molecule has 2 amide bonds. The Morgan fingerprint density at radius 1 is 0.824 bits per heavy atom. The molecule has 2 atom stereocenters. The van der Waals surface area contributed by atoms with Crippen molar-refractivity contribution in [1.82, 2.24) is 10.3 Å². The normalized spacial score (nSPS) is 12.7. The SMILES string of the molecule is Cc1cccc2nc(-c3ccc(NC(=O)[C@@H](Cc4ccc(C(=O)NCCS(=O)[O-])cc4)c4ccc(-c5ccc(C(C)(C)C)cc5)cc4)cc3)oc12.